The Bertz CT molecular complexity index is 332. The summed E-state index contributed by atoms with van der Waals surface area (Å²) in [7, 11) is 0. The Morgan fingerprint density at radius 1 is 1.29 bits per heavy atom. The van der Waals surface area contributed by atoms with E-state index in [2.05, 4.69) is 0 Å². The largest absolute Gasteiger partial charge is 0.328 e. The van der Waals surface area contributed by atoms with Crippen molar-refractivity contribution >= 4 is 23.2 Å². The van der Waals surface area contributed by atoms with Crippen LogP contribution in [0.3, 0.4) is 0 Å². The third-order valence-electron chi connectivity index (χ3n) is 2.80. The molecule has 2 N–H and O–H groups in total. The molecule has 0 heterocycles. The molecule has 1 saturated carbocycles. The van der Waals surface area contributed by atoms with E-state index in [9.17, 15) is 0 Å². The first-order valence-electron chi connectivity index (χ1n) is 4.84. The van der Waals surface area contributed by atoms with Gasteiger partial charge in [0.25, 0.3) is 0 Å². The molecule has 1 fully saturated rings. The van der Waals surface area contributed by atoms with Crippen molar-refractivity contribution in [3.63, 3.8) is 0 Å². The van der Waals surface area contributed by atoms with E-state index in [1.54, 1.807) is 6.07 Å². The van der Waals surface area contributed by atoms with Crippen LogP contribution in [0.15, 0.2) is 18.2 Å². The van der Waals surface area contributed by atoms with Crippen molar-refractivity contribution in [3.8, 4) is 0 Å². The topological polar surface area (TPSA) is 26.0 Å². The molecule has 1 aliphatic rings. The standard InChI is InChI=1S/C11H13Cl2N/c12-9-2-1-8(11(13)6-9)3-7-4-10(14)5-7/h1-2,6-7,10H,3-5,14H2. The van der Waals surface area contributed by atoms with Gasteiger partial charge >= 0.3 is 0 Å². The molecule has 1 aromatic carbocycles. The van der Waals surface area contributed by atoms with Crippen molar-refractivity contribution in [2.45, 2.75) is 25.3 Å². The number of nitrogens with two attached hydrogens (primary N) is 1. The van der Waals surface area contributed by atoms with Crippen molar-refractivity contribution in [2.75, 3.05) is 0 Å². The molecule has 0 saturated heterocycles. The highest BCUT2D eigenvalue weighted by atomic mass is 35.5. The fourth-order valence-electron chi connectivity index (χ4n) is 1.95. The van der Waals surface area contributed by atoms with Gasteiger partial charge in [-0.1, -0.05) is 29.3 Å². The predicted molar refractivity (Wildman–Crippen MR) is 60.9 cm³/mol. The lowest BCUT2D eigenvalue weighted by Crippen LogP contribution is -2.37. The van der Waals surface area contributed by atoms with E-state index < -0.39 is 0 Å². The Morgan fingerprint density at radius 2 is 2.00 bits per heavy atom. The zero-order valence-electron chi connectivity index (χ0n) is 7.84. The Labute approximate surface area is 94.2 Å². The number of benzene rings is 1. The first kappa shape index (κ1) is 10.3. The fourth-order valence-corrected chi connectivity index (χ4v) is 2.44. The average Bonchev–Trinajstić information content (AvgIpc) is 2.06. The van der Waals surface area contributed by atoms with Crippen LogP contribution in [0.5, 0.6) is 0 Å². The van der Waals surface area contributed by atoms with Gasteiger partial charge in [0.1, 0.15) is 0 Å². The van der Waals surface area contributed by atoms with Crippen LogP contribution in [-0.2, 0) is 6.42 Å². The smallest absolute Gasteiger partial charge is 0.0452 e. The van der Waals surface area contributed by atoms with E-state index in [0.29, 0.717) is 17.0 Å². The molecule has 0 aliphatic heterocycles. The quantitative estimate of drug-likeness (QED) is 0.828. The van der Waals surface area contributed by atoms with Crippen LogP contribution in [-0.4, -0.2) is 6.04 Å². The minimum atomic E-state index is 0.408. The van der Waals surface area contributed by atoms with E-state index in [4.69, 9.17) is 28.9 Å². The summed E-state index contributed by atoms with van der Waals surface area (Å²) in [6.45, 7) is 0. The number of hydrogen-bond acceptors (Lipinski definition) is 1. The SMILES string of the molecule is NC1CC(Cc2ccc(Cl)cc2Cl)C1. The van der Waals surface area contributed by atoms with Gasteiger partial charge < -0.3 is 5.73 Å². The van der Waals surface area contributed by atoms with Crippen LogP contribution in [0, 0.1) is 5.92 Å². The van der Waals surface area contributed by atoms with Gasteiger partial charge in [-0.3, -0.25) is 0 Å². The lowest BCUT2D eigenvalue weighted by atomic mass is 9.77. The van der Waals surface area contributed by atoms with Gasteiger partial charge in [-0.05, 0) is 42.9 Å². The summed E-state index contributed by atoms with van der Waals surface area (Å²) in [6.07, 6.45) is 3.28. The molecule has 2 rings (SSSR count). The number of halogens is 2. The highest BCUT2D eigenvalue weighted by Crippen LogP contribution is 2.32. The first-order chi connectivity index (χ1) is 6.65. The molecule has 0 unspecified atom stereocenters. The fraction of sp³-hybridized carbons (Fsp3) is 0.455. The summed E-state index contributed by atoms with van der Waals surface area (Å²) in [6, 6.07) is 6.11. The van der Waals surface area contributed by atoms with E-state index in [1.165, 1.54) is 5.56 Å². The Balaban J connectivity index is 2.02. The maximum absolute atomic E-state index is 6.08. The van der Waals surface area contributed by atoms with Crippen LogP contribution in [0.4, 0.5) is 0 Å². The third-order valence-corrected chi connectivity index (χ3v) is 3.38. The van der Waals surface area contributed by atoms with E-state index in [1.807, 2.05) is 12.1 Å². The summed E-state index contributed by atoms with van der Waals surface area (Å²) < 4.78 is 0. The minimum Gasteiger partial charge on any atom is -0.328 e. The highest BCUT2D eigenvalue weighted by molar-refractivity contribution is 6.35. The van der Waals surface area contributed by atoms with Crippen molar-refractivity contribution in [3.05, 3.63) is 33.8 Å². The normalized spacial score (nSPS) is 25.9. The molecule has 0 amide bonds. The second-order valence-electron chi connectivity index (χ2n) is 4.04. The first-order valence-corrected chi connectivity index (χ1v) is 5.60. The van der Waals surface area contributed by atoms with Gasteiger partial charge in [-0.25, -0.2) is 0 Å². The van der Waals surface area contributed by atoms with Gasteiger partial charge in [0, 0.05) is 16.1 Å². The summed E-state index contributed by atoms with van der Waals surface area (Å²) in [5, 5.41) is 1.47. The van der Waals surface area contributed by atoms with E-state index in [-0.39, 0.29) is 0 Å². The zero-order valence-corrected chi connectivity index (χ0v) is 9.35. The van der Waals surface area contributed by atoms with Crippen LogP contribution in [0.25, 0.3) is 0 Å². The molecular formula is C11H13Cl2N. The van der Waals surface area contributed by atoms with Crippen molar-refractivity contribution in [2.24, 2.45) is 11.7 Å². The van der Waals surface area contributed by atoms with Crippen molar-refractivity contribution in [1.82, 2.24) is 0 Å². The van der Waals surface area contributed by atoms with Crippen molar-refractivity contribution in [1.29, 1.82) is 0 Å². The molecule has 1 nitrogen and oxygen atoms in total. The summed E-state index contributed by atoms with van der Waals surface area (Å²) in [5.74, 6) is 0.712. The van der Waals surface area contributed by atoms with Gasteiger partial charge in [-0.2, -0.15) is 0 Å². The third kappa shape index (κ3) is 2.22. The maximum atomic E-state index is 6.08. The summed E-state index contributed by atoms with van der Waals surface area (Å²) in [5.41, 5.74) is 6.92. The molecule has 0 aromatic heterocycles. The molecule has 3 heteroatoms. The summed E-state index contributed by atoms with van der Waals surface area (Å²) >= 11 is 11.9. The number of hydrogen-bond donors (Lipinski definition) is 1. The van der Waals surface area contributed by atoms with Gasteiger partial charge in [0.05, 0.1) is 0 Å². The second kappa shape index (κ2) is 4.09. The Kier molecular flexibility index (Phi) is 3.01. The number of rotatable bonds is 2. The Hall–Kier alpha value is -0.240. The van der Waals surface area contributed by atoms with Crippen LogP contribution >= 0.6 is 23.2 Å². The highest BCUT2D eigenvalue weighted by Gasteiger charge is 2.26. The van der Waals surface area contributed by atoms with E-state index >= 15 is 0 Å². The van der Waals surface area contributed by atoms with Crippen LogP contribution < -0.4 is 5.73 Å². The average molecular weight is 230 g/mol. The zero-order chi connectivity index (χ0) is 10.1. The van der Waals surface area contributed by atoms with Gasteiger partial charge in [0.15, 0.2) is 0 Å². The monoisotopic (exact) mass is 229 g/mol. The maximum Gasteiger partial charge on any atom is 0.0452 e. The Morgan fingerprint density at radius 3 is 2.57 bits per heavy atom. The molecule has 76 valence electrons. The van der Waals surface area contributed by atoms with Gasteiger partial charge in [0.2, 0.25) is 0 Å². The molecule has 0 atom stereocenters. The molecule has 1 aliphatic carbocycles. The molecular weight excluding hydrogens is 217 g/mol. The van der Waals surface area contributed by atoms with Crippen LogP contribution in [0.2, 0.25) is 10.0 Å². The van der Waals surface area contributed by atoms with E-state index in [0.717, 1.165) is 24.3 Å². The summed E-state index contributed by atoms with van der Waals surface area (Å²) in [4.78, 5) is 0. The molecule has 0 radical (unpaired) electrons. The molecule has 0 bridgehead atoms. The molecule has 1 aromatic rings. The molecule has 0 spiro atoms. The van der Waals surface area contributed by atoms with Gasteiger partial charge in [-0.15, -0.1) is 0 Å². The lowest BCUT2D eigenvalue weighted by Gasteiger charge is -2.32. The van der Waals surface area contributed by atoms with Crippen LogP contribution in [0.1, 0.15) is 18.4 Å². The second-order valence-corrected chi connectivity index (χ2v) is 4.88. The lowest BCUT2D eigenvalue weighted by molar-refractivity contribution is 0.264. The van der Waals surface area contributed by atoms with Crippen molar-refractivity contribution < 1.29 is 0 Å². The minimum absolute atomic E-state index is 0.408. The molecule has 14 heavy (non-hydrogen) atoms. The predicted octanol–water partition coefficient (Wildman–Crippen LogP) is 3.27.